The normalized spacial score (nSPS) is 19.0. The standard InChI is InChI=1S/C33H36N2O6/c1-24-8-5-6-11-28(24)41-23-22-40-27-14-12-25(13-15-27)30-29(31(36)26-9-3-2-4-10-26)32(37)33(38)35(30)17-7-16-34-18-20-39-21-19-34/h2-6,8-15,30,36H,7,16-23H2,1H3. The molecule has 1 amide bonds. The van der Waals surface area contributed by atoms with E-state index in [0.717, 1.165) is 36.5 Å². The van der Waals surface area contributed by atoms with Gasteiger partial charge < -0.3 is 24.2 Å². The number of likely N-dealkylation sites (tertiary alicyclic amines) is 1. The monoisotopic (exact) mass is 556 g/mol. The lowest BCUT2D eigenvalue weighted by atomic mass is 9.95. The fourth-order valence-electron chi connectivity index (χ4n) is 5.27. The van der Waals surface area contributed by atoms with Crippen LogP contribution in [0.1, 0.15) is 29.2 Å². The molecule has 0 radical (unpaired) electrons. The Kier molecular flexibility index (Phi) is 9.33. The Balaban J connectivity index is 1.32. The fraction of sp³-hybridized carbons (Fsp3) is 0.333. The maximum atomic E-state index is 13.3. The van der Waals surface area contributed by atoms with Crippen LogP contribution >= 0.6 is 0 Å². The molecule has 0 bridgehead atoms. The molecule has 3 aromatic rings. The topological polar surface area (TPSA) is 88.5 Å². The molecule has 3 aromatic carbocycles. The molecule has 0 spiro atoms. The third kappa shape index (κ3) is 6.78. The van der Waals surface area contributed by atoms with Crippen LogP contribution < -0.4 is 9.47 Å². The van der Waals surface area contributed by atoms with Crippen LogP contribution in [0.3, 0.4) is 0 Å². The minimum Gasteiger partial charge on any atom is -0.507 e. The number of hydrogen-bond donors (Lipinski definition) is 1. The van der Waals surface area contributed by atoms with E-state index in [1.54, 1.807) is 29.2 Å². The number of rotatable bonds is 11. The molecule has 8 heteroatoms. The van der Waals surface area contributed by atoms with Crippen molar-refractivity contribution in [1.29, 1.82) is 0 Å². The lowest BCUT2D eigenvalue weighted by Crippen LogP contribution is -2.38. The molecule has 2 aliphatic rings. The van der Waals surface area contributed by atoms with E-state index < -0.39 is 17.7 Å². The van der Waals surface area contributed by atoms with E-state index in [0.29, 0.717) is 50.7 Å². The quantitative estimate of drug-likeness (QED) is 0.160. The van der Waals surface area contributed by atoms with E-state index in [9.17, 15) is 14.7 Å². The SMILES string of the molecule is Cc1ccccc1OCCOc1ccc(C2C(=C(O)c3ccccc3)C(=O)C(=O)N2CCCN2CCOCC2)cc1. The van der Waals surface area contributed by atoms with Gasteiger partial charge in [0.25, 0.3) is 11.7 Å². The molecule has 1 unspecified atom stereocenters. The summed E-state index contributed by atoms with van der Waals surface area (Å²) in [5, 5.41) is 11.2. The summed E-state index contributed by atoms with van der Waals surface area (Å²) in [4.78, 5) is 30.4. The molecule has 0 aromatic heterocycles. The molecule has 0 saturated carbocycles. The molecule has 214 valence electrons. The largest absolute Gasteiger partial charge is 0.507 e. The van der Waals surface area contributed by atoms with Gasteiger partial charge in [-0.25, -0.2) is 0 Å². The minimum atomic E-state index is -0.696. The molecule has 2 fully saturated rings. The number of para-hydroxylation sites is 1. The number of nitrogens with zero attached hydrogens (tertiary/aromatic N) is 2. The van der Waals surface area contributed by atoms with Gasteiger partial charge in [0.2, 0.25) is 0 Å². The molecule has 0 aliphatic carbocycles. The van der Waals surface area contributed by atoms with Crippen molar-refractivity contribution >= 4 is 17.4 Å². The van der Waals surface area contributed by atoms with Gasteiger partial charge >= 0.3 is 0 Å². The summed E-state index contributed by atoms with van der Waals surface area (Å²) >= 11 is 0. The first-order chi connectivity index (χ1) is 20.0. The number of amides is 1. The van der Waals surface area contributed by atoms with Crippen LogP contribution in [0.4, 0.5) is 0 Å². The highest BCUT2D eigenvalue weighted by Gasteiger charge is 2.45. The Labute approximate surface area is 240 Å². The van der Waals surface area contributed by atoms with Crippen molar-refractivity contribution < 1.29 is 28.9 Å². The van der Waals surface area contributed by atoms with Crippen molar-refractivity contribution in [2.45, 2.75) is 19.4 Å². The van der Waals surface area contributed by atoms with Gasteiger partial charge in [-0.15, -0.1) is 0 Å². The van der Waals surface area contributed by atoms with Crippen LogP contribution in [0, 0.1) is 6.92 Å². The van der Waals surface area contributed by atoms with E-state index in [1.165, 1.54) is 0 Å². The number of hydrogen-bond acceptors (Lipinski definition) is 7. The van der Waals surface area contributed by atoms with E-state index in [1.807, 2.05) is 61.5 Å². The zero-order valence-corrected chi connectivity index (χ0v) is 23.3. The summed E-state index contributed by atoms with van der Waals surface area (Å²) in [5.74, 6) is 0.0422. The Morgan fingerprint density at radius 2 is 1.56 bits per heavy atom. The number of carbonyl (C=O) groups excluding carboxylic acids is 2. The van der Waals surface area contributed by atoms with Crippen molar-refractivity contribution in [1.82, 2.24) is 9.80 Å². The van der Waals surface area contributed by atoms with Crippen molar-refractivity contribution in [2.24, 2.45) is 0 Å². The van der Waals surface area contributed by atoms with Crippen molar-refractivity contribution in [3.8, 4) is 11.5 Å². The zero-order chi connectivity index (χ0) is 28.6. The predicted octanol–water partition coefficient (Wildman–Crippen LogP) is 4.60. The summed E-state index contributed by atoms with van der Waals surface area (Å²) in [5.41, 5.74) is 2.40. The maximum Gasteiger partial charge on any atom is 0.295 e. The average molecular weight is 557 g/mol. The first-order valence-electron chi connectivity index (χ1n) is 14.1. The number of ether oxygens (including phenoxy) is 3. The molecule has 1 atom stereocenters. The number of carbonyl (C=O) groups is 2. The van der Waals surface area contributed by atoms with E-state index >= 15 is 0 Å². The second-order valence-corrected chi connectivity index (χ2v) is 10.2. The van der Waals surface area contributed by atoms with Gasteiger partial charge in [0, 0.05) is 31.7 Å². The van der Waals surface area contributed by atoms with Crippen LogP contribution in [0.25, 0.3) is 5.76 Å². The zero-order valence-electron chi connectivity index (χ0n) is 23.3. The highest BCUT2D eigenvalue weighted by Crippen LogP contribution is 2.40. The third-order valence-corrected chi connectivity index (χ3v) is 7.46. The van der Waals surface area contributed by atoms with Crippen LogP contribution in [0.15, 0.2) is 84.4 Å². The summed E-state index contributed by atoms with van der Waals surface area (Å²) in [6.07, 6.45) is 0.705. The van der Waals surface area contributed by atoms with Gasteiger partial charge in [-0.2, -0.15) is 0 Å². The Morgan fingerprint density at radius 1 is 0.878 bits per heavy atom. The summed E-state index contributed by atoms with van der Waals surface area (Å²) < 4.78 is 17.1. The highest BCUT2D eigenvalue weighted by molar-refractivity contribution is 6.46. The van der Waals surface area contributed by atoms with Gasteiger partial charge in [-0.1, -0.05) is 60.7 Å². The summed E-state index contributed by atoms with van der Waals surface area (Å²) in [7, 11) is 0. The second-order valence-electron chi connectivity index (χ2n) is 10.2. The first-order valence-corrected chi connectivity index (χ1v) is 14.1. The smallest absolute Gasteiger partial charge is 0.295 e. The van der Waals surface area contributed by atoms with Gasteiger partial charge in [0.1, 0.15) is 30.5 Å². The molecule has 2 aliphatic heterocycles. The van der Waals surface area contributed by atoms with Crippen molar-refractivity contribution in [2.75, 3.05) is 52.6 Å². The lowest BCUT2D eigenvalue weighted by Gasteiger charge is -2.29. The number of ketones is 1. The molecule has 8 nitrogen and oxygen atoms in total. The molecule has 2 heterocycles. The first kappa shape index (κ1) is 28.4. The van der Waals surface area contributed by atoms with Gasteiger partial charge in [-0.05, 0) is 42.7 Å². The van der Waals surface area contributed by atoms with Crippen LogP contribution in [-0.4, -0.2) is 79.2 Å². The second kappa shape index (κ2) is 13.5. The fourth-order valence-corrected chi connectivity index (χ4v) is 5.27. The number of morpholine rings is 1. The van der Waals surface area contributed by atoms with Crippen molar-refractivity contribution in [3.05, 3.63) is 101 Å². The molecule has 5 rings (SSSR count). The molecular weight excluding hydrogens is 520 g/mol. The van der Waals surface area contributed by atoms with Crippen LogP contribution in [0.2, 0.25) is 0 Å². The van der Waals surface area contributed by atoms with Gasteiger partial charge in [-0.3, -0.25) is 14.5 Å². The number of aryl methyl sites for hydroxylation is 1. The number of aliphatic hydroxyl groups is 1. The van der Waals surface area contributed by atoms with E-state index in [4.69, 9.17) is 14.2 Å². The van der Waals surface area contributed by atoms with E-state index in [2.05, 4.69) is 4.90 Å². The van der Waals surface area contributed by atoms with E-state index in [-0.39, 0.29) is 11.3 Å². The van der Waals surface area contributed by atoms with Crippen LogP contribution in [0.5, 0.6) is 11.5 Å². The number of Topliss-reactive ketones (excluding diaryl/α,β-unsaturated/α-hetero) is 1. The lowest BCUT2D eigenvalue weighted by molar-refractivity contribution is -0.140. The van der Waals surface area contributed by atoms with Gasteiger partial charge in [0.05, 0.1) is 24.8 Å². The third-order valence-electron chi connectivity index (χ3n) is 7.46. The van der Waals surface area contributed by atoms with Gasteiger partial charge in [0.15, 0.2) is 0 Å². The van der Waals surface area contributed by atoms with Crippen molar-refractivity contribution in [3.63, 3.8) is 0 Å². The number of aliphatic hydroxyl groups excluding tert-OH is 1. The maximum absolute atomic E-state index is 13.3. The average Bonchev–Trinajstić information content (AvgIpc) is 3.26. The summed E-state index contributed by atoms with van der Waals surface area (Å²) in [6.45, 7) is 7.07. The Bertz CT molecular complexity index is 1370. The Morgan fingerprint density at radius 3 is 2.29 bits per heavy atom. The summed E-state index contributed by atoms with van der Waals surface area (Å²) in [6, 6.07) is 23.3. The van der Waals surface area contributed by atoms with Crippen LogP contribution in [-0.2, 0) is 14.3 Å². The Hall–Kier alpha value is -4.14. The molecule has 41 heavy (non-hydrogen) atoms. The molecule has 2 saturated heterocycles. The minimum absolute atomic E-state index is 0.105. The number of benzene rings is 3. The molecular formula is C33H36N2O6. The highest BCUT2D eigenvalue weighted by atomic mass is 16.5. The predicted molar refractivity (Wildman–Crippen MR) is 156 cm³/mol. The molecule has 1 N–H and O–H groups in total.